The average molecular weight is 486 g/mol. The third kappa shape index (κ3) is 16.7. The number of guanidine groups is 1. The van der Waals surface area contributed by atoms with Crippen LogP contribution < -0.4 is 16.0 Å². The molecule has 26 heavy (non-hydrogen) atoms. The maximum Gasteiger partial charge on any atom is 0.408 e. The van der Waals surface area contributed by atoms with E-state index in [1.807, 2.05) is 41.5 Å². The van der Waals surface area contributed by atoms with Crippen LogP contribution in [0, 0.1) is 5.92 Å². The lowest BCUT2D eigenvalue weighted by atomic mass is 10.1. The molecule has 0 heterocycles. The van der Waals surface area contributed by atoms with E-state index in [1.54, 1.807) is 0 Å². The minimum absolute atomic E-state index is 0. The second kappa shape index (κ2) is 13.4. The van der Waals surface area contributed by atoms with Crippen molar-refractivity contribution >= 4 is 36.0 Å². The van der Waals surface area contributed by atoms with Gasteiger partial charge in [0.1, 0.15) is 5.60 Å². The molecule has 0 bridgehead atoms. The first-order valence-electron chi connectivity index (χ1n) is 9.06. The molecule has 0 saturated carbocycles. The first kappa shape index (κ1) is 27.4. The van der Waals surface area contributed by atoms with E-state index in [-0.39, 0.29) is 24.0 Å². The van der Waals surface area contributed by atoms with E-state index in [9.17, 15) is 4.79 Å². The van der Waals surface area contributed by atoms with Crippen molar-refractivity contribution in [1.82, 2.24) is 16.0 Å². The summed E-state index contributed by atoms with van der Waals surface area (Å²) in [6.07, 6.45) is -0.437. The van der Waals surface area contributed by atoms with Crippen molar-refractivity contribution in [2.45, 2.75) is 66.5 Å². The van der Waals surface area contributed by atoms with Crippen molar-refractivity contribution < 1.29 is 14.3 Å². The monoisotopic (exact) mass is 486 g/mol. The SMILES string of the molecule is CCNC(=NCC(C)(C)NC(=O)OC(C)(C)C)NCCOCC(C)C.I. The number of hydrogen-bond acceptors (Lipinski definition) is 4. The van der Waals surface area contributed by atoms with Crippen LogP contribution in [0.3, 0.4) is 0 Å². The average Bonchev–Trinajstić information content (AvgIpc) is 2.41. The highest BCUT2D eigenvalue weighted by molar-refractivity contribution is 14.0. The van der Waals surface area contributed by atoms with Gasteiger partial charge >= 0.3 is 6.09 Å². The Hall–Kier alpha value is -0.770. The molecule has 0 radical (unpaired) electrons. The first-order chi connectivity index (χ1) is 11.4. The van der Waals surface area contributed by atoms with Crippen molar-refractivity contribution in [2.24, 2.45) is 10.9 Å². The second-order valence-corrected chi connectivity index (χ2v) is 8.10. The van der Waals surface area contributed by atoms with Crippen molar-refractivity contribution in [2.75, 3.05) is 32.8 Å². The normalized spacial score (nSPS) is 12.4. The number of alkyl carbamates (subject to hydrolysis) is 1. The fourth-order valence-corrected chi connectivity index (χ4v) is 1.80. The smallest absolute Gasteiger partial charge is 0.408 e. The lowest BCUT2D eigenvalue weighted by molar-refractivity contribution is 0.0476. The van der Waals surface area contributed by atoms with E-state index >= 15 is 0 Å². The summed E-state index contributed by atoms with van der Waals surface area (Å²) in [5.41, 5.74) is -1.03. The molecule has 8 heteroatoms. The maximum atomic E-state index is 11.9. The molecular formula is C18H39IN4O3. The zero-order valence-corrected chi connectivity index (χ0v) is 20.0. The van der Waals surface area contributed by atoms with Gasteiger partial charge in [0.15, 0.2) is 5.96 Å². The van der Waals surface area contributed by atoms with Gasteiger partial charge in [0, 0.05) is 19.7 Å². The molecule has 0 spiro atoms. The zero-order valence-electron chi connectivity index (χ0n) is 17.7. The van der Waals surface area contributed by atoms with Crippen molar-refractivity contribution in [3.8, 4) is 0 Å². The topological polar surface area (TPSA) is 84.0 Å². The highest BCUT2D eigenvalue weighted by Crippen LogP contribution is 2.09. The van der Waals surface area contributed by atoms with Crippen molar-refractivity contribution in [1.29, 1.82) is 0 Å². The predicted molar refractivity (Wildman–Crippen MR) is 119 cm³/mol. The van der Waals surface area contributed by atoms with Gasteiger partial charge in [-0.15, -0.1) is 24.0 Å². The summed E-state index contributed by atoms with van der Waals surface area (Å²) in [7, 11) is 0. The lowest BCUT2D eigenvalue weighted by Crippen LogP contribution is -2.49. The predicted octanol–water partition coefficient (Wildman–Crippen LogP) is 3.14. The Kier molecular flexibility index (Phi) is 14.2. The number of nitrogens with zero attached hydrogens (tertiary/aromatic N) is 1. The molecule has 1 amide bonds. The number of nitrogens with one attached hydrogen (secondary N) is 3. The molecule has 3 N–H and O–H groups in total. The number of carbonyl (C=O) groups is 1. The van der Waals surface area contributed by atoms with Crippen LogP contribution in [-0.4, -0.2) is 56.0 Å². The summed E-state index contributed by atoms with van der Waals surface area (Å²) in [6.45, 7) is 18.8. The summed E-state index contributed by atoms with van der Waals surface area (Å²) >= 11 is 0. The largest absolute Gasteiger partial charge is 0.444 e. The Labute approximate surface area is 176 Å². The van der Waals surface area contributed by atoms with Gasteiger partial charge in [0.05, 0.1) is 18.7 Å². The summed E-state index contributed by atoms with van der Waals surface area (Å²) in [5.74, 6) is 1.23. The molecule has 156 valence electrons. The van der Waals surface area contributed by atoms with E-state index < -0.39 is 17.2 Å². The molecular weight excluding hydrogens is 447 g/mol. The van der Waals surface area contributed by atoms with Crippen LogP contribution in [0.2, 0.25) is 0 Å². The summed E-state index contributed by atoms with van der Waals surface area (Å²) < 4.78 is 10.8. The Balaban J connectivity index is 0. The summed E-state index contributed by atoms with van der Waals surface area (Å²) in [6, 6.07) is 0. The van der Waals surface area contributed by atoms with Gasteiger partial charge in [0.25, 0.3) is 0 Å². The molecule has 0 aliphatic heterocycles. The lowest BCUT2D eigenvalue weighted by Gasteiger charge is -2.27. The fourth-order valence-electron chi connectivity index (χ4n) is 1.80. The summed E-state index contributed by atoms with van der Waals surface area (Å²) in [5, 5.41) is 9.26. The van der Waals surface area contributed by atoms with E-state index in [0.29, 0.717) is 31.6 Å². The molecule has 0 aliphatic carbocycles. The Morgan fingerprint density at radius 2 is 1.73 bits per heavy atom. The van der Waals surface area contributed by atoms with Crippen LogP contribution in [0.25, 0.3) is 0 Å². The van der Waals surface area contributed by atoms with Crippen LogP contribution >= 0.6 is 24.0 Å². The molecule has 0 aromatic carbocycles. The van der Waals surface area contributed by atoms with Gasteiger partial charge in [0.2, 0.25) is 0 Å². The molecule has 0 saturated heterocycles. The Morgan fingerprint density at radius 1 is 1.12 bits per heavy atom. The first-order valence-corrected chi connectivity index (χ1v) is 9.06. The minimum Gasteiger partial charge on any atom is -0.444 e. The minimum atomic E-state index is -0.518. The molecule has 7 nitrogen and oxygen atoms in total. The molecule has 0 atom stereocenters. The molecule has 0 rings (SSSR count). The van der Waals surface area contributed by atoms with E-state index in [0.717, 1.165) is 13.2 Å². The molecule has 0 aliphatic rings. The van der Waals surface area contributed by atoms with Crippen LogP contribution in [0.15, 0.2) is 4.99 Å². The summed E-state index contributed by atoms with van der Waals surface area (Å²) in [4.78, 5) is 16.5. The van der Waals surface area contributed by atoms with Crippen LogP contribution in [0.1, 0.15) is 55.4 Å². The van der Waals surface area contributed by atoms with Gasteiger partial charge in [-0.05, 0) is 47.5 Å². The molecule has 0 fully saturated rings. The Bertz CT molecular complexity index is 421. The quantitative estimate of drug-likeness (QED) is 0.202. The van der Waals surface area contributed by atoms with E-state index in [2.05, 4.69) is 34.8 Å². The highest BCUT2D eigenvalue weighted by Gasteiger charge is 2.24. The molecule has 0 aromatic rings. The van der Waals surface area contributed by atoms with Crippen LogP contribution in [0.4, 0.5) is 4.79 Å². The number of ether oxygens (including phenoxy) is 2. The molecule has 0 aromatic heterocycles. The number of amides is 1. The third-order valence-corrected chi connectivity index (χ3v) is 2.81. The second-order valence-electron chi connectivity index (χ2n) is 8.10. The molecule has 0 unspecified atom stereocenters. The number of rotatable bonds is 9. The van der Waals surface area contributed by atoms with Crippen LogP contribution in [0.5, 0.6) is 0 Å². The van der Waals surface area contributed by atoms with Gasteiger partial charge in [-0.3, -0.25) is 4.99 Å². The van der Waals surface area contributed by atoms with Gasteiger partial charge in [-0.1, -0.05) is 13.8 Å². The number of hydrogen-bond donors (Lipinski definition) is 3. The standard InChI is InChI=1S/C18H38N4O3.HI/c1-9-19-15(20-10-11-24-12-14(2)3)21-13-18(7,8)22-16(23)25-17(4,5)6;/h14H,9-13H2,1-8H3,(H,22,23)(H2,19,20,21);1H. The number of aliphatic imine (C=N–C) groups is 1. The van der Waals surface area contributed by atoms with Crippen molar-refractivity contribution in [3.63, 3.8) is 0 Å². The maximum absolute atomic E-state index is 11.9. The fraction of sp³-hybridized carbons (Fsp3) is 0.889. The number of halogens is 1. The van der Waals surface area contributed by atoms with Crippen LogP contribution in [-0.2, 0) is 9.47 Å². The number of carbonyl (C=O) groups excluding carboxylic acids is 1. The van der Waals surface area contributed by atoms with Crippen molar-refractivity contribution in [3.05, 3.63) is 0 Å². The van der Waals surface area contributed by atoms with Gasteiger partial charge in [-0.2, -0.15) is 0 Å². The third-order valence-electron chi connectivity index (χ3n) is 2.81. The highest BCUT2D eigenvalue weighted by atomic mass is 127. The zero-order chi connectivity index (χ0) is 19.5. The van der Waals surface area contributed by atoms with E-state index in [1.165, 1.54) is 0 Å². The van der Waals surface area contributed by atoms with Gasteiger partial charge in [-0.25, -0.2) is 4.79 Å². The van der Waals surface area contributed by atoms with Gasteiger partial charge < -0.3 is 25.4 Å². The van der Waals surface area contributed by atoms with E-state index in [4.69, 9.17) is 9.47 Å². The Morgan fingerprint density at radius 3 is 2.23 bits per heavy atom.